The van der Waals surface area contributed by atoms with E-state index in [1.807, 2.05) is 0 Å². The van der Waals surface area contributed by atoms with Crippen LogP contribution in [0.1, 0.15) is 11.3 Å². The number of nitrogens with one attached hydrogen (secondary N) is 1. The zero-order valence-corrected chi connectivity index (χ0v) is 9.19. The molecule has 0 bridgehead atoms. The number of amides is 1. The van der Waals surface area contributed by atoms with Gasteiger partial charge in [-0.1, -0.05) is 6.07 Å². The van der Waals surface area contributed by atoms with Gasteiger partial charge in [0, 0.05) is 11.8 Å². The van der Waals surface area contributed by atoms with Crippen molar-refractivity contribution in [3.05, 3.63) is 29.6 Å². The summed E-state index contributed by atoms with van der Waals surface area (Å²) >= 11 is 0. The average molecular weight is 276 g/mol. The Hall–Kier alpha value is -2.32. The maximum Gasteiger partial charge on any atom is 0.433 e. The topological polar surface area (TPSA) is 88.5 Å². The van der Waals surface area contributed by atoms with Crippen molar-refractivity contribution in [3.63, 3.8) is 0 Å². The number of carboxylic acids is 1. The molecule has 1 amide bonds. The van der Waals surface area contributed by atoms with E-state index in [2.05, 4.69) is 15.0 Å². The van der Waals surface area contributed by atoms with Crippen molar-refractivity contribution in [3.8, 4) is 0 Å². The largest absolute Gasteiger partial charge is 0.478 e. The number of carbonyl (C=O) groups excluding carboxylic acids is 1. The Morgan fingerprint density at radius 3 is 2.53 bits per heavy atom. The molecular formula is C10H7F3N2O4. The van der Waals surface area contributed by atoms with E-state index in [0.717, 1.165) is 12.3 Å². The van der Waals surface area contributed by atoms with Crippen molar-refractivity contribution < 1.29 is 32.6 Å². The van der Waals surface area contributed by atoms with E-state index < -0.39 is 29.5 Å². The molecule has 0 saturated carbocycles. The molecule has 1 aromatic heterocycles. The zero-order valence-electron chi connectivity index (χ0n) is 9.19. The first-order valence-corrected chi connectivity index (χ1v) is 5.00. The number of hydrogen-bond acceptors (Lipinski definition) is 4. The molecule has 0 aromatic carbocycles. The minimum Gasteiger partial charge on any atom is -0.478 e. The van der Waals surface area contributed by atoms with Crippen molar-refractivity contribution in [1.29, 1.82) is 0 Å². The molecule has 0 aliphatic carbocycles. The van der Waals surface area contributed by atoms with E-state index in [1.165, 1.54) is 0 Å². The number of cyclic esters (lactones) is 1. The minimum atomic E-state index is -4.63. The van der Waals surface area contributed by atoms with Crippen molar-refractivity contribution in [2.75, 3.05) is 6.54 Å². The van der Waals surface area contributed by atoms with Gasteiger partial charge >= 0.3 is 18.2 Å². The Kier molecular flexibility index (Phi) is 2.84. The van der Waals surface area contributed by atoms with Gasteiger partial charge in [-0.2, -0.15) is 13.2 Å². The Balaban J connectivity index is 2.40. The average Bonchev–Trinajstić information content (AvgIpc) is 2.72. The number of ether oxygens (including phenoxy) is 1. The van der Waals surface area contributed by atoms with Crippen LogP contribution in [0.3, 0.4) is 0 Å². The smallest absolute Gasteiger partial charge is 0.433 e. The minimum absolute atomic E-state index is 0.147. The van der Waals surface area contributed by atoms with Gasteiger partial charge in [0.1, 0.15) is 5.69 Å². The SMILES string of the molecule is O=C1NCC(C(=O)O)(c2ccc(C(F)(F)F)nc2)O1. The maximum absolute atomic E-state index is 12.3. The second-order valence-corrected chi connectivity index (χ2v) is 3.81. The van der Waals surface area contributed by atoms with Crippen molar-refractivity contribution >= 4 is 12.1 Å². The van der Waals surface area contributed by atoms with E-state index in [1.54, 1.807) is 0 Å². The van der Waals surface area contributed by atoms with Gasteiger partial charge in [-0.05, 0) is 6.07 Å². The van der Waals surface area contributed by atoms with Gasteiger partial charge in [-0.3, -0.25) is 4.98 Å². The number of hydrogen-bond donors (Lipinski definition) is 2. The highest BCUT2D eigenvalue weighted by Crippen LogP contribution is 2.32. The van der Waals surface area contributed by atoms with Crippen LogP contribution in [-0.4, -0.2) is 28.7 Å². The van der Waals surface area contributed by atoms with Gasteiger partial charge in [-0.25, -0.2) is 9.59 Å². The Morgan fingerprint density at radius 2 is 2.16 bits per heavy atom. The zero-order chi connectivity index (χ0) is 14.3. The lowest BCUT2D eigenvalue weighted by Gasteiger charge is -2.21. The lowest BCUT2D eigenvalue weighted by molar-refractivity contribution is -0.155. The number of nitrogens with zero attached hydrogens (tertiary/aromatic N) is 1. The molecule has 9 heteroatoms. The Labute approximate surface area is 104 Å². The summed E-state index contributed by atoms with van der Waals surface area (Å²) < 4.78 is 41.7. The monoisotopic (exact) mass is 276 g/mol. The Bertz CT molecular complexity index is 529. The highest BCUT2D eigenvalue weighted by molar-refractivity contribution is 5.86. The molecule has 1 unspecified atom stereocenters. The van der Waals surface area contributed by atoms with Gasteiger partial charge in [0.15, 0.2) is 0 Å². The van der Waals surface area contributed by atoms with Crippen LogP contribution in [0, 0.1) is 0 Å². The molecule has 1 aliphatic rings. The molecule has 1 atom stereocenters. The number of alkyl carbamates (subject to hydrolysis) is 1. The third kappa shape index (κ3) is 2.18. The summed E-state index contributed by atoms with van der Waals surface area (Å²) in [6.07, 6.45) is -4.85. The van der Waals surface area contributed by atoms with Crippen LogP contribution in [0.4, 0.5) is 18.0 Å². The summed E-state index contributed by atoms with van der Waals surface area (Å²) in [4.78, 5) is 25.3. The maximum atomic E-state index is 12.3. The Morgan fingerprint density at radius 1 is 1.47 bits per heavy atom. The van der Waals surface area contributed by atoms with Crippen molar-refractivity contribution in [2.45, 2.75) is 11.8 Å². The molecule has 0 radical (unpaired) electrons. The summed E-state index contributed by atoms with van der Waals surface area (Å²) in [6.45, 7) is -0.381. The van der Waals surface area contributed by atoms with Gasteiger partial charge in [0.2, 0.25) is 0 Å². The molecule has 6 nitrogen and oxygen atoms in total. The third-order valence-corrected chi connectivity index (χ3v) is 2.61. The van der Waals surface area contributed by atoms with E-state index >= 15 is 0 Å². The van der Waals surface area contributed by atoms with E-state index in [-0.39, 0.29) is 12.1 Å². The summed E-state index contributed by atoms with van der Waals surface area (Å²) in [6, 6.07) is 1.55. The number of carbonyl (C=O) groups is 2. The second kappa shape index (κ2) is 4.11. The predicted molar refractivity (Wildman–Crippen MR) is 53.0 cm³/mol. The highest BCUT2D eigenvalue weighted by atomic mass is 19.4. The summed E-state index contributed by atoms with van der Waals surface area (Å²) in [5.41, 5.74) is -3.35. The molecule has 1 saturated heterocycles. The van der Waals surface area contributed by atoms with Crippen LogP contribution < -0.4 is 5.32 Å². The lowest BCUT2D eigenvalue weighted by Crippen LogP contribution is -2.39. The van der Waals surface area contributed by atoms with Gasteiger partial charge in [0.25, 0.3) is 5.60 Å². The first-order valence-electron chi connectivity index (χ1n) is 5.00. The molecule has 19 heavy (non-hydrogen) atoms. The molecule has 2 rings (SSSR count). The molecule has 2 heterocycles. The fourth-order valence-corrected chi connectivity index (χ4v) is 1.63. The van der Waals surface area contributed by atoms with Crippen molar-refractivity contribution in [2.24, 2.45) is 0 Å². The summed E-state index contributed by atoms with van der Waals surface area (Å²) in [5, 5.41) is 11.2. The number of alkyl halides is 3. The second-order valence-electron chi connectivity index (χ2n) is 3.81. The van der Waals surface area contributed by atoms with Crippen LogP contribution >= 0.6 is 0 Å². The fraction of sp³-hybridized carbons (Fsp3) is 0.300. The number of rotatable bonds is 2. The van der Waals surface area contributed by atoms with Gasteiger partial charge in [-0.15, -0.1) is 0 Å². The van der Waals surface area contributed by atoms with Crippen LogP contribution in [0.5, 0.6) is 0 Å². The molecule has 1 aromatic rings. The molecule has 1 fully saturated rings. The first-order chi connectivity index (χ1) is 8.75. The number of carboxylic acid groups (broad SMARTS) is 1. The molecular weight excluding hydrogens is 269 g/mol. The normalized spacial score (nSPS) is 22.8. The van der Waals surface area contributed by atoms with Crippen LogP contribution in [0.2, 0.25) is 0 Å². The van der Waals surface area contributed by atoms with Crippen LogP contribution in [0.15, 0.2) is 18.3 Å². The van der Waals surface area contributed by atoms with Gasteiger partial charge in [0.05, 0.1) is 6.54 Å². The predicted octanol–water partition coefficient (Wildman–Crippen LogP) is 1.12. The van der Waals surface area contributed by atoms with Crippen LogP contribution in [0.25, 0.3) is 0 Å². The number of aliphatic carboxylic acids is 1. The summed E-state index contributed by atoms with van der Waals surface area (Å²) in [7, 11) is 0. The standard InChI is InChI=1S/C10H7F3N2O4/c11-10(12,13)6-2-1-5(3-14-6)9(7(16)17)4-15-8(18)19-9/h1-3H,4H2,(H,15,18)(H,16,17). The summed E-state index contributed by atoms with van der Waals surface area (Å²) in [5.74, 6) is -1.49. The molecule has 0 spiro atoms. The number of aromatic nitrogens is 1. The quantitative estimate of drug-likeness (QED) is 0.845. The molecule has 1 aliphatic heterocycles. The van der Waals surface area contributed by atoms with Crippen molar-refractivity contribution in [1.82, 2.24) is 10.3 Å². The van der Waals surface area contributed by atoms with E-state index in [4.69, 9.17) is 5.11 Å². The lowest BCUT2D eigenvalue weighted by atomic mass is 9.95. The highest BCUT2D eigenvalue weighted by Gasteiger charge is 2.50. The molecule has 102 valence electrons. The third-order valence-electron chi connectivity index (χ3n) is 2.61. The van der Waals surface area contributed by atoms with Crippen LogP contribution in [-0.2, 0) is 21.3 Å². The fourth-order valence-electron chi connectivity index (χ4n) is 1.63. The number of pyridine rings is 1. The van der Waals surface area contributed by atoms with E-state index in [0.29, 0.717) is 6.07 Å². The molecule has 2 N–H and O–H groups in total. The number of halogens is 3. The first kappa shape index (κ1) is 13.1. The van der Waals surface area contributed by atoms with E-state index in [9.17, 15) is 22.8 Å². The van der Waals surface area contributed by atoms with Gasteiger partial charge < -0.3 is 15.2 Å².